The van der Waals surface area contributed by atoms with Crippen LogP contribution in [0.5, 0.6) is 5.75 Å². The average Bonchev–Trinajstić information content (AvgIpc) is 2.82. The second-order valence-electron chi connectivity index (χ2n) is 8.26. The van der Waals surface area contributed by atoms with Crippen LogP contribution in [-0.2, 0) is 12.8 Å². The molecule has 166 valence electrons. The zero-order valence-electron chi connectivity index (χ0n) is 18.5. The molecule has 0 spiro atoms. The SMILES string of the molecule is CCCCCc1ccc(C2=Cc3ccc(-c4ccc(OC)c(F)c4F)c(F)c3CC2)cc1. The van der Waals surface area contributed by atoms with Crippen molar-refractivity contribution in [3.63, 3.8) is 0 Å². The molecular weight excluding hydrogens is 409 g/mol. The Morgan fingerprint density at radius 2 is 1.50 bits per heavy atom. The molecular formula is C28H27F3O. The lowest BCUT2D eigenvalue weighted by Gasteiger charge is -2.20. The van der Waals surface area contributed by atoms with Crippen LogP contribution in [-0.4, -0.2) is 7.11 Å². The fourth-order valence-electron chi connectivity index (χ4n) is 4.34. The highest BCUT2D eigenvalue weighted by atomic mass is 19.2. The number of benzene rings is 3. The molecule has 0 atom stereocenters. The van der Waals surface area contributed by atoms with Gasteiger partial charge < -0.3 is 4.74 Å². The molecule has 3 aromatic rings. The van der Waals surface area contributed by atoms with Gasteiger partial charge in [-0.15, -0.1) is 0 Å². The first-order valence-electron chi connectivity index (χ1n) is 11.2. The van der Waals surface area contributed by atoms with Gasteiger partial charge in [0, 0.05) is 11.1 Å². The molecule has 32 heavy (non-hydrogen) atoms. The van der Waals surface area contributed by atoms with Crippen LogP contribution in [0, 0.1) is 17.5 Å². The minimum absolute atomic E-state index is 0.0658. The molecule has 0 saturated heterocycles. The zero-order chi connectivity index (χ0) is 22.7. The van der Waals surface area contributed by atoms with Gasteiger partial charge >= 0.3 is 0 Å². The second kappa shape index (κ2) is 9.64. The zero-order valence-corrected chi connectivity index (χ0v) is 18.5. The van der Waals surface area contributed by atoms with E-state index in [1.165, 1.54) is 50.1 Å². The van der Waals surface area contributed by atoms with Gasteiger partial charge in [0.25, 0.3) is 0 Å². The molecule has 3 aromatic carbocycles. The Balaban J connectivity index is 1.62. The van der Waals surface area contributed by atoms with Crippen molar-refractivity contribution in [2.75, 3.05) is 7.11 Å². The number of hydrogen-bond acceptors (Lipinski definition) is 1. The van der Waals surface area contributed by atoms with Crippen molar-refractivity contribution in [3.8, 4) is 16.9 Å². The molecule has 1 aliphatic rings. The van der Waals surface area contributed by atoms with E-state index in [4.69, 9.17) is 4.74 Å². The molecule has 1 nitrogen and oxygen atoms in total. The first-order valence-corrected chi connectivity index (χ1v) is 11.2. The summed E-state index contributed by atoms with van der Waals surface area (Å²) < 4.78 is 48.8. The first-order chi connectivity index (χ1) is 15.5. The molecule has 0 saturated carbocycles. The number of ether oxygens (including phenoxy) is 1. The monoisotopic (exact) mass is 436 g/mol. The average molecular weight is 437 g/mol. The number of methoxy groups -OCH3 is 1. The van der Waals surface area contributed by atoms with Crippen molar-refractivity contribution in [1.82, 2.24) is 0 Å². The third kappa shape index (κ3) is 4.32. The Labute approximate surface area is 187 Å². The van der Waals surface area contributed by atoms with Crippen molar-refractivity contribution in [2.24, 2.45) is 0 Å². The topological polar surface area (TPSA) is 9.23 Å². The van der Waals surface area contributed by atoms with Crippen molar-refractivity contribution < 1.29 is 17.9 Å². The number of aryl methyl sites for hydroxylation is 1. The van der Waals surface area contributed by atoms with Crippen LogP contribution in [0.2, 0.25) is 0 Å². The van der Waals surface area contributed by atoms with E-state index < -0.39 is 17.5 Å². The van der Waals surface area contributed by atoms with Crippen molar-refractivity contribution >= 4 is 11.6 Å². The fraction of sp³-hybridized carbons (Fsp3) is 0.286. The van der Waals surface area contributed by atoms with Crippen LogP contribution in [0.25, 0.3) is 22.8 Å². The van der Waals surface area contributed by atoms with E-state index in [2.05, 4.69) is 31.2 Å². The highest BCUT2D eigenvalue weighted by molar-refractivity contribution is 5.85. The first kappa shape index (κ1) is 22.2. The lowest BCUT2D eigenvalue weighted by atomic mass is 9.86. The summed E-state index contributed by atoms with van der Waals surface area (Å²) in [6.45, 7) is 2.20. The largest absolute Gasteiger partial charge is 0.494 e. The summed E-state index contributed by atoms with van der Waals surface area (Å²) in [5.74, 6) is -2.90. The maximum atomic E-state index is 15.3. The van der Waals surface area contributed by atoms with Crippen LogP contribution in [0.15, 0.2) is 48.5 Å². The molecule has 0 N–H and O–H groups in total. The molecule has 0 amide bonds. The minimum Gasteiger partial charge on any atom is -0.494 e. The summed E-state index contributed by atoms with van der Waals surface area (Å²) >= 11 is 0. The van der Waals surface area contributed by atoms with Crippen molar-refractivity contribution in [2.45, 2.75) is 45.4 Å². The van der Waals surface area contributed by atoms with Gasteiger partial charge in [0.1, 0.15) is 5.82 Å². The molecule has 0 aliphatic heterocycles. The fourth-order valence-corrected chi connectivity index (χ4v) is 4.34. The van der Waals surface area contributed by atoms with Gasteiger partial charge in [-0.05, 0) is 65.6 Å². The van der Waals surface area contributed by atoms with E-state index >= 15 is 4.39 Å². The quantitative estimate of drug-likeness (QED) is 0.341. The molecule has 4 rings (SSSR count). The van der Waals surface area contributed by atoms with Gasteiger partial charge in [0.15, 0.2) is 11.6 Å². The summed E-state index contributed by atoms with van der Waals surface area (Å²) in [4.78, 5) is 0. The van der Waals surface area contributed by atoms with Gasteiger partial charge in [0.05, 0.1) is 7.11 Å². The van der Waals surface area contributed by atoms with Gasteiger partial charge in [-0.1, -0.05) is 62.2 Å². The predicted octanol–water partition coefficient (Wildman–Crippen LogP) is 8.00. The van der Waals surface area contributed by atoms with Crippen molar-refractivity contribution in [3.05, 3.63) is 88.2 Å². The van der Waals surface area contributed by atoms with E-state index in [0.717, 1.165) is 23.1 Å². The van der Waals surface area contributed by atoms with Gasteiger partial charge in [0.2, 0.25) is 5.82 Å². The third-order valence-electron chi connectivity index (χ3n) is 6.20. The van der Waals surface area contributed by atoms with E-state index in [-0.39, 0.29) is 16.9 Å². The highest BCUT2D eigenvalue weighted by Crippen LogP contribution is 2.37. The number of halogens is 3. The molecule has 4 heteroatoms. The maximum Gasteiger partial charge on any atom is 0.201 e. The summed E-state index contributed by atoms with van der Waals surface area (Å²) in [7, 11) is 1.26. The summed E-state index contributed by atoms with van der Waals surface area (Å²) in [6.07, 6.45) is 7.95. The van der Waals surface area contributed by atoms with E-state index in [1.807, 2.05) is 6.08 Å². The number of allylic oxidation sites excluding steroid dienone is 1. The number of unbranched alkanes of at least 4 members (excludes halogenated alkanes) is 2. The van der Waals surface area contributed by atoms with Gasteiger partial charge in [-0.2, -0.15) is 4.39 Å². The Kier molecular flexibility index (Phi) is 6.69. The molecule has 0 radical (unpaired) electrons. The summed E-state index contributed by atoms with van der Waals surface area (Å²) in [5.41, 5.74) is 4.93. The van der Waals surface area contributed by atoms with Crippen LogP contribution < -0.4 is 4.74 Å². The summed E-state index contributed by atoms with van der Waals surface area (Å²) in [6, 6.07) is 14.6. The molecule has 0 heterocycles. The minimum atomic E-state index is -1.11. The van der Waals surface area contributed by atoms with Crippen LogP contribution in [0.4, 0.5) is 13.2 Å². The van der Waals surface area contributed by atoms with Crippen molar-refractivity contribution in [1.29, 1.82) is 0 Å². The smallest absolute Gasteiger partial charge is 0.201 e. The third-order valence-corrected chi connectivity index (χ3v) is 6.20. The highest BCUT2D eigenvalue weighted by Gasteiger charge is 2.22. The van der Waals surface area contributed by atoms with Crippen LogP contribution in [0.1, 0.15) is 54.9 Å². The summed E-state index contributed by atoms with van der Waals surface area (Å²) in [5, 5.41) is 0. The predicted molar refractivity (Wildman–Crippen MR) is 124 cm³/mol. The van der Waals surface area contributed by atoms with E-state index in [0.29, 0.717) is 18.4 Å². The van der Waals surface area contributed by atoms with Crippen LogP contribution >= 0.6 is 0 Å². The Morgan fingerprint density at radius 3 is 2.22 bits per heavy atom. The van der Waals surface area contributed by atoms with E-state index in [9.17, 15) is 8.78 Å². The standard InChI is InChI=1S/C28H27F3O/c1-3-4-5-6-18-7-9-19(10-8-18)20-11-13-22-21(17-20)12-14-23(26(22)29)24-15-16-25(32-2)28(31)27(24)30/h7-10,12,14-17H,3-6,11,13H2,1-2H3. The Hall–Kier alpha value is -3.01. The lowest BCUT2D eigenvalue weighted by Crippen LogP contribution is -2.05. The number of rotatable bonds is 7. The van der Waals surface area contributed by atoms with Gasteiger partial charge in [-0.3, -0.25) is 0 Å². The van der Waals surface area contributed by atoms with E-state index in [1.54, 1.807) is 6.07 Å². The lowest BCUT2D eigenvalue weighted by molar-refractivity contribution is 0.372. The second-order valence-corrected chi connectivity index (χ2v) is 8.26. The maximum absolute atomic E-state index is 15.3. The molecule has 1 aliphatic carbocycles. The molecule has 0 aromatic heterocycles. The van der Waals surface area contributed by atoms with Crippen LogP contribution in [0.3, 0.4) is 0 Å². The Morgan fingerprint density at radius 1 is 0.781 bits per heavy atom. The molecule has 0 bridgehead atoms. The number of hydrogen-bond donors (Lipinski definition) is 0. The normalized spacial score (nSPS) is 13.0. The number of fused-ring (bicyclic) bond motifs is 1. The Bertz CT molecular complexity index is 1150. The van der Waals surface area contributed by atoms with Gasteiger partial charge in [-0.25, -0.2) is 8.78 Å². The molecule has 0 unspecified atom stereocenters. The molecule has 0 fully saturated rings.